The molecule has 1 atom stereocenters. The van der Waals surface area contributed by atoms with Gasteiger partial charge in [-0.1, -0.05) is 12.1 Å². The second-order valence-corrected chi connectivity index (χ2v) is 8.13. The predicted octanol–water partition coefficient (Wildman–Crippen LogP) is 0.350. The Labute approximate surface area is 142 Å². The smallest absolute Gasteiger partial charge is 0.229 e. The number of ether oxygens (including phenoxy) is 2. The van der Waals surface area contributed by atoms with Crippen LogP contribution >= 0.6 is 0 Å². The van der Waals surface area contributed by atoms with E-state index in [-0.39, 0.29) is 11.8 Å². The van der Waals surface area contributed by atoms with E-state index in [1.807, 2.05) is 18.2 Å². The minimum absolute atomic E-state index is 0.0246. The molecule has 0 aromatic heterocycles. The molecule has 2 heterocycles. The van der Waals surface area contributed by atoms with Gasteiger partial charge in [-0.15, -0.1) is 0 Å². The van der Waals surface area contributed by atoms with Crippen LogP contribution < -0.4 is 9.47 Å². The minimum Gasteiger partial charge on any atom is -0.493 e. The van der Waals surface area contributed by atoms with E-state index in [4.69, 9.17) is 9.47 Å². The summed E-state index contributed by atoms with van der Waals surface area (Å²) in [5.74, 6) is 1.18. The molecular formula is C16H22N2O5S. The summed E-state index contributed by atoms with van der Waals surface area (Å²) in [5.41, 5.74) is 0.966. The van der Waals surface area contributed by atoms with E-state index in [0.29, 0.717) is 50.7 Å². The molecule has 0 radical (unpaired) electrons. The van der Waals surface area contributed by atoms with Crippen molar-refractivity contribution in [2.75, 3.05) is 46.2 Å². The van der Waals surface area contributed by atoms with Crippen molar-refractivity contribution in [2.24, 2.45) is 5.92 Å². The van der Waals surface area contributed by atoms with Crippen molar-refractivity contribution in [2.45, 2.75) is 6.42 Å². The highest BCUT2D eigenvalue weighted by Crippen LogP contribution is 2.36. The molecule has 1 saturated heterocycles. The van der Waals surface area contributed by atoms with Crippen LogP contribution in [0.1, 0.15) is 5.56 Å². The Hall–Kier alpha value is -1.80. The summed E-state index contributed by atoms with van der Waals surface area (Å²) >= 11 is 0. The topological polar surface area (TPSA) is 76.2 Å². The molecule has 2 aliphatic heterocycles. The van der Waals surface area contributed by atoms with E-state index < -0.39 is 10.0 Å². The molecule has 3 rings (SSSR count). The number of para-hydroxylation sites is 1. The number of fused-ring (bicyclic) bond motifs is 1. The Morgan fingerprint density at radius 2 is 1.96 bits per heavy atom. The molecule has 24 heavy (non-hydrogen) atoms. The quantitative estimate of drug-likeness (QED) is 0.783. The van der Waals surface area contributed by atoms with Crippen LogP contribution in [-0.2, 0) is 21.2 Å². The van der Waals surface area contributed by atoms with Crippen molar-refractivity contribution in [3.63, 3.8) is 0 Å². The Kier molecular flexibility index (Phi) is 4.69. The molecular weight excluding hydrogens is 332 g/mol. The zero-order chi connectivity index (χ0) is 17.3. The van der Waals surface area contributed by atoms with Crippen molar-refractivity contribution >= 4 is 15.9 Å². The lowest BCUT2D eigenvalue weighted by Crippen LogP contribution is -2.52. The van der Waals surface area contributed by atoms with Gasteiger partial charge in [0.1, 0.15) is 6.61 Å². The number of nitrogens with zero attached hydrogens (tertiary/aromatic N) is 2. The Morgan fingerprint density at radius 3 is 2.58 bits per heavy atom. The summed E-state index contributed by atoms with van der Waals surface area (Å²) in [6.45, 7) is 1.87. The molecule has 1 fully saturated rings. The van der Waals surface area contributed by atoms with Crippen LogP contribution in [-0.4, -0.2) is 69.7 Å². The number of hydrogen-bond acceptors (Lipinski definition) is 5. The van der Waals surface area contributed by atoms with Gasteiger partial charge >= 0.3 is 0 Å². The highest BCUT2D eigenvalue weighted by Gasteiger charge is 2.33. The Bertz CT molecular complexity index is 726. The van der Waals surface area contributed by atoms with E-state index >= 15 is 0 Å². The van der Waals surface area contributed by atoms with Crippen LogP contribution in [0.15, 0.2) is 18.2 Å². The average Bonchev–Trinajstić information content (AvgIpc) is 2.59. The van der Waals surface area contributed by atoms with Gasteiger partial charge in [0.05, 0.1) is 19.3 Å². The third-order valence-electron chi connectivity index (χ3n) is 4.54. The van der Waals surface area contributed by atoms with E-state index in [2.05, 4.69) is 0 Å². The molecule has 0 N–H and O–H groups in total. The van der Waals surface area contributed by atoms with Crippen molar-refractivity contribution in [3.8, 4) is 11.5 Å². The first kappa shape index (κ1) is 17.0. The van der Waals surface area contributed by atoms with Crippen LogP contribution in [0.25, 0.3) is 0 Å². The summed E-state index contributed by atoms with van der Waals surface area (Å²) < 4.78 is 35.6. The molecule has 132 valence electrons. The van der Waals surface area contributed by atoms with Gasteiger partial charge < -0.3 is 14.4 Å². The number of carbonyl (C=O) groups excluding carboxylic acids is 1. The summed E-state index contributed by atoms with van der Waals surface area (Å²) in [6.07, 6.45) is 1.81. The Morgan fingerprint density at radius 1 is 1.25 bits per heavy atom. The molecule has 0 bridgehead atoms. The Balaban J connectivity index is 1.65. The molecule has 0 unspecified atom stereocenters. The molecule has 0 aliphatic carbocycles. The van der Waals surface area contributed by atoms with Crippen LogP contribution in [0.4, 0.5) is 0 Å². The molecule has 8 heteroatoms. The molecule has 1 amide bonds. The second-order valence-electron chi connectivity index (χ2n) is 6.15. The fourth-order valence-corrected chi connectivity index (χ4v) is 4.04. The van der Waals surface area contributed by atoms with Gasteiger partial charge in [0.15, 0.2) is 11.5 Å². The summed E-state index contributed by atoms with van der Waals surface area (Å²) in [7, 11) is -1.60. The van der Waals surface area contributed by atoms with Crippen molar-refractivity contribution in [1.82, 2.24) is 9.21 Å². The zero-order valence-electron chi connectivity index (χ0n) is 13.9. The predicted molar refractivity (Wildman–Crippen MR) is 88.7 cm³/mol. The highest BCUT2D eigenvalue weighted by molar-refractivity contribution is 7.88. The molecule has 0 saturated carbocycles. The fraction of sp³-hybridized carbons (Fsp3) is 0.562. The van der Waals surface area contributed by atoms with E-state index in [1.165, 1.54) is 10.6 Å². The lowest BCUT2D eigenvalue weighted by atomic mass is 9.95. The van der Waals surface area contributed by atoms with Crippen LogP contribution in [0.5, 0.6) is 11.5 Å². The first-order valence-corrected chi connectivity index (χ1v) is 9.77. The zero-order valence-corrected chi connectivity index (χ0v) is 14.7. The van der Waals surface area contributed by atoms with Crippen LogP contribution in [0, 0.1) is 5.92 Å². The van der Waals surface area contributed by atoms with Crippen molar-refractivity contribution in [1.29, 1.82) is 0 Å². The molecule has 2 aliphatic rings. The monoisotopic (exact) mass is 354 g/mol. The first-order chi connectivity index (χ1) is 11.4. The molecule has 1 aromatic carbocycles. The number of amides is 1. The van der Waals surface area contributed by atoms with E-state index in [9.17, 15) is 13.2 Å². The average molecular weight is 354 g/mol. The maximum Gasteiger partial charge on any atom is 0.229 e. The lowest BCUT2D eigenvalue weighted by molar-refractivity contribution is -0.138. The number of piperazine rings is 1. The molecule has 0 spiro atoms. The number of carbonyl (C=O) groups is 1. The highest BCUT2D eigenvalue weighted by atomic mass is 32.2. The number of methoxy groups -OCH3 is 1. The van der Waals surface area contributed by atoms with Crippen molar-refractivity contribution in [3.05, 3.63) is 23.8 Å². The number of hydrogen-bond donors (Lipinski definition) is 0. The van der Waals surface area contributed by atoms with Gasteiger partial charge in [-0.3, -0.25) is 4.79 Å². The number of benzene rings is 1. The maximum absolute atomic E-state index is 12.7. The van der Waals surface area contributed by atoms with Gasteiger partial charge in [0, 0.05) is 26.2 Å². The van der Waals surface area contributed by atoms with Gasteiger partial charge in [-0.2, -0.15) is 4.31 Å². The van der Waals surface area contributed by atoms with Crippen LogP contribution in [0.2, 0.25) is 0 Å². The largest absolute Gasteiger partial charge is 0.493 e. The molecule has 1 aromatic rings. The van der Waals surface area contributed by atoms with Gasteiger partial charge in [-0.05, 0) is 18.1 Å². The lowest BCUT2D eigenvalue weighted by Gasteiger charge is -2.36. The van der Waals surface area contributed by atoms with E-state index in [1.54, 1.807) is 12.0 Å². The normalized spacial score (nSPS) is 21.8. The molecule has 7 nitrogen and oxygen atoms in total. The van der Waals surface area contributed by atoms with Gasteiger partial charge in [-0.25, -0.2) is 8.42 Å². The summed E-state index contributed by atoms with van der Waals surface area (Å²) in [4.78, 5) is 14.5. The second kappa shape index (κ2) is 6.60. The third-order valence-corrected chi connectivity index (χ3v) is 5.85. The van der Waals surface area contributed by atoms with Crippen LogP contribution in [0.3, 0.4) is 0 Å². The third kappa shape index (κ3) is 3.34. The summed E-state index contributed by atoms with van der Waals surface area (Å²) in [5, 5.41) is 0. The van der Waals surface area contributed by atoms with Gasteiger partial charge in [0.25, 0.3) is 0 Å². The minimum atomic E-state index is -3.19. The standard InChI is InChI=1S/C16H22N2O5S/c1-22-14-5-3-4-12-10-13(11-23-15(12)14)16(19)17-6-8-18(9-7-17)24(2,20)21/h3-5,13H,6-11H2,1-2H3/t13-/m1/s1. The number of sulfonamides is 1. The number of rotatable bonds is 3. The summed E-state index contributed by atoms with van der Waals surface area (Å²) in [6, 6.07) is 5.67. The fourth-order valence-electron chi connectivity index (χ4n) is 3.21. The van der Waals surface area contributed by atoms with Crippen molar-refractivity contribution < 1.29 is 22.7 Å². The maximum atomic E-state index is 12.7. The van der Waals surface area contributed by atoms with E-state index in [0.717, 1.165) is 5.56 Å². The van der Waals surface area contributed by atoms with Gasteiger partial charge in [0.2, 0.25) is 15.9 Å². The SMILES string of the molecule is COc1cccc2c1OC[C@H](C(=O)N1CCN(S(C)(=O)=O)CC1)C2. The first-order valence-electron chi connectivity index (χ1n) is 7.92.